The number of ether oxygens (including phenoxy) is 2. The van der Waals surface area contributed by atoms with Crippen molar-refractivity contribution >= 4 is 28.5 Å². The number of benzene rings is 3. The summed E-state index contributed by atoms with van der Waals surface area (Å²) in [6, 6.07) is 27.7. The Morgan fingerprint density at radius 3 is 2.47 bits per heavy atom. The number of aromatic nitrogens is 1. The van der Waals surface area contributed by atoms with Crippen LogP contribution in [-0.2, 0) is 22.6 Å². The summed E-state index contributed by atoms with van der Waals surface area (Å²) in [5.74, 6) is 0.555. The Labute approximate surface area is 205 Å². The summed E-state index contributed by atoms with van der Waals surface area (Å²) in [5.41, 5.74) is 4.02. The molecule has 1 aromatic heterocycles. The first-order valence-electron chi connectivity index (χ1n) is 11.6. The Balaban J connectivity index is 1.37. The van der Waals surface area contributed by atoms with E-state index in [1.165, 1.54) is 5.56 Å². The van der Waals surface area contributed by atoms with E-state index in [2.05, 4.69) is 11.1 Å². The third kappa shape index (κ3) is 6.58. The fourth-order valence-electron chi connectivity index (χ4n) is 3.80. The van der Waals surface area contributed by atoms with E-state index in [1.807, 2.05) is 85.8 Å². The van der Waals surface area contributed by atoms with Crippen LogP contribution in [0.2, 0.25) is 5.02 Å². The number of hydrogen-bond acceptors (Lipinski definition) is 4. The van der Waals surface area contributed by atoms with Crippen molar-refractivity contribution in [1.82, 2.24) is 4.98 Å². The minimum Gasteiger partial charge on any atom is -0.487 e. The quantitative estimate of drug-likeness (QED) is 0.224. The minimum absolute atomic E-state index is 0.195. The number of rotatable bonds is 10. The van der Waals surface area contributed by atoms with Crippen LogP contribution in [0.25, 0.3) is 10.9 Å². The summed E-state index contributed by atoms with van der Waals surface area (Å²) < 4.78 is 11.7. The largest absolute Gasteiger partial charge is 0.487 e. The molecule has 0 aliphatic rings. The predicted octanol–water partition coefficient (Wildman–Crippen LogP) is 7.48. The van der Waals surface area contributed by atoms with Gasteiger partial charge in [-0.05, 0) is 66.8 Å². The molecule has 1 unspecified atom stereocenters. The van der Waals surface area contributed by atoms with Gasteiger partial charge in [0.15, 0.2) is 0 Å². The van der Waals surface area contributed by atoms with E-state index in [0.29, 0.717) is 13.0 Å². The molecule has 4 aromatic rings. The van der Waals surface area contributed by atoms with Crippen molar-refractivity contribution in [2.45, 2.75) is 45.3 Å². The predicted molar refractivity (Wildman–Crippen MR) is 136 cm³/mol. The Morgan fingerprint density at radius 1 is 0.941 bits per heavy atom. The average molecular weight is 474 g/mol. The second kappa shape index (κ2) is 11.7. The molecule has 0 saturated carbocycles. The first-order valence-corrected chi connectivity index (χ1v) is 12.0. The lowest BCUT2D eigenvalue weighted by Gasteiger charge is -2.19. The van der Waals surface area contributed by atoms with Gasteiger partial charge in [0.1, 0.15) is 18.5 Å². The van der Waals surface area contributed by atoms with Gasteiger partial charge in [-0.2, -0.15) is 0 Å². The number of nitrogens with zero attached hydrogens (tertiary/aromatic N) is 1. The molecule has 0 amide bonds. The number of carbonyl (C=O) groups excluding carboxylic acids is 1. The summed E-state index contributed by atoms with van der Waals surface area (Å²) in [6.07, 6.45) is 2.62. The van der Waals surface area contributed by atoms with Gasteiger partial charge in [-0.1, -0.05) is 67.1 Å². The third-order valence-electron chi connectivity index (χ3n) is 5.70. The molecule has 0 aliphatic heterocycles. The zero-order valence-electron chi connectivity index (χ0n) is 19.2. The van der Waals surface area contributed by atoms with Crippen LogP contribution in [0.4, 0.5) is 0 Å². The zero-order chi connectivity index (χ0) is 23.8. The van der Waals surface area contributed by atoms with Gasteiger partial charge in [-0.3, -0.25) is 4.79 Å². The van der Waals surface area contributed by atoms with Gasteiger partial charge in [-0.15, -0.1) is 0 Å². The normalized spacial score (nSPS) is 11.8. The van der Waals surface area contributed by atoms with Crippen molar-refractivity contribution in [3.05, 3.63) is 107 Å². The Kier molecular flexibility index (Phi) is 8.16. The van der Waals surface area contributed by atoms with Crippen LogP contribution in [0, 0.1) is 0 Å². The molecule has 3 aromatic carbocycles. The smallest absolute Gasteiger partial charge is 0.306 e. The number of hydrogen-bond donors (Lipinski definition) is 0. The molecule has 5 heteroatoms. The fraction of sp³-hybridized carbons (Fsp3) is 0.241. The van der Waals surface area contributed by atoms with Crippen LogP contribution < -0.4 is 4.74 Å². The second-order valence-electron chi connectivity index (χ2n) is 8.20. The third-order valence-corrected chi connectivity index (χ3v) is 5.95. The highest BCUT2D eigenvalue weighted by molar-refractivity contribution is 6.30. The molecule has 1 atom stereocenters. The van der Waals surface area contributed by atoms with E-state index in [1.54, 1.807) is 0 Å². The standard InChI is InChI=1S/C29H28ClNO3/c1-2-29(32)34-28(9-5-6-21-10-15-24(30)16-11-21)23-13-18-26(19-14-23)33-20-25-17-12-22-7-3-4-8-27(22)31-25/h3-4,7-8,10-19,28H,2,5-6,9,20H2,1H3. The van der Waals surface area contributed by atoms with Crippen LogP contribution in [-0.4, -0.2) is 11.0 Å². The van der Waals surface area contributed by atoms with Crippen LogP contribution in [0.3, 0.4) is 0 Å². The van der Waals surface area contributed by atoms with E-state index in [4.69, 9.17) is 21.1 Å². The highest BCUT2D eigenvalue weighted by Crippen LogP contribution is 2.27. The molecule has 0 saturated heterocycles. The molecular formula is C29H28ClNO3. The molecule has 174 valence electrons. The van der Waals surface area contributed by atoms with Crippen molar-refractivity contribution in [2.75, 3.05) is 0 Å². The molecule has 0 fully saturated rings. The van der Waals surface area contributed by atoms with Crippen LogP contribution >= 0.6 is 11.6 Å². The molecule has 0 spiro atoms. The van der Waals surface area contributed by atoms with Gasteiger partial charge in [0.2, 0.25) is 0 Å². The number of aryl methyl sites for hydroxylation is 1. The lowest BCUT2D eigenvalue weighted by atomic mass is 10.0. The number of para-hydroxylation sites is 1. The van der Waals surface area contributed by atoms with Crippen molar-refractivity contribution in [3.8, 4) is 5.75 Å². The molecular weight excluding hydrogens is 446 g/mol. The maximum atomic E-state index is 12.0. The van der Waals surface area contributed by atoms with Gasteiger partial charge in [0.25, 0.3) is 0 Å². The summed E-state index contributed by atoms with van der Waals surface area (Å²) >= 11 is 5.97. The number of halogens is 1. The molecule has 1 heterocycles. The van der Waals surface area contributed by atoms with E-state index in [-0.39, 0.29) is 12.1 Å². The Morgan fingerprint density at radius 2 is 1.71 bits per heavy atom. The summed E-state index contributed by atoms with van der Waals surface area (Å²) in [7, 11) is 0. The van der Waals surface area contributed by atoms with Crippen molar-refractivity contribution in [1.29, 1.82) is 0 Å². The Bertz CT molecular complexity index is 1220. The number of fused-ring (bicyclic) bond motifs is 1. The summed E-state index contributed by atoms with van der Waals surface area (Å²) in [6.45, 7) is 2.20. The molecule has 4 rings (SSSR count). The number of pyridine rings is 1. The van der Waals surface area contributed by atoms with E-state index >= 15 is 0 Å². The van der Waals surface area contributed by atoms with Crippen LogP contribution in [0.15, 0.2) is 84.9 Å². The first kappa shape index (κ1) is 23.8. The highest BCUT2D eigenvalue weighted by atomic mass is 35.5. The van der Waals surface area contributed by atoms with Gasteiger partial charge in [-0.25, -0.2) is 4.98 Å². The van der Waals surface area contributed by atoms with E-state index in [0.717, 1.165) is 52.2 Å². The van der Waals surface area contributed by atoms with Gasteiger partial charge < -0.3 is 9.47 Å². The van der Waals surface area contributed by atoms with Crippen molar-refractivity contribution < 1.29 is 14.3 Å². The van der Waals surface area contributed by atoms with Crippen LogP contribution in [0.5, 0.6) is 5.75 Å². The zero-order valence-corrected chi connectivity index (χ0v) is 20.0. The fourth-order valence-corrected chi connectivity index (χ4v) is 3.93. The lowest BCUT2D eigenvalue weighted by molar-refractivity contribution is -0.149. The number of carbonyl (C=O) groups is 1. The van der Waals surface area contributed by atoms with E-state index in [9.17, 15) is 4.79 Å². The molecule has 0 bridgehead atoms. The van der Waals surface area contributed by atoms with Crippen LogP contribution in [0.1, 0.15) is 49.1 Å². The van der Waals surface area contributed by atoms with Crippen molar-refractivity contribution in [2.24, 2.45) is 0 Å². The van der Waals surface area contributed by atoms with Crippen molar-refractivity contribution in [3.63, 3.8) is 0 Å². The lowest BCUT2D eigenvalue weighted by Crippen LogP contribution is -2.11. The molecule has 0 aliphatic carbocycles. The monoisotopic (exact) mass is 473 g/mol. The highest BCUT2D eigenvalue weighted by Gasteiger charge is 2.16. The average Bonchev–Trinajstić information content (AvgIpc) is 2.88. The molecule has 0 N–H and O–H groups in total. The van der Waals surface area contributed by atoms with Gasteiger partial charge in [0.05, 0.1) is 11.2 Å². The topological polar surface area (TPSA) is 48.4 Å². The summed E-state index contributed by atoms with van der Waals surface area (Å²) in [4.78, 5) is 16.7. The maximum Gasteiger partial charge on any atom is 0.306 e. The van der Waals surface area contributed by atoms with Gasteiger partial charge in [0, 0.05) is 16.8 Å². The molecule has 0 radical (unpaired) electrons. The minimum atomic E-state index is -0.282. The SMILES string of the molecule is CCC(=O)OC(CCCc1ccc(Cl)cc1)c1ccc(OCc2ccc3ccccc3n2)cc1. The first-order chi connectivity index (χ1) is 16.6. The molecule has 34 heavy (non-hydrogen) atoms. The number of esters is 1. The molecule has 4 nitrogen and oxygen atoms in total. The second-order valence-corrected chi connectivity index (χ2v) is 8.64. The van der Waals surface area contributed by atoms with Gasteiger partial charge >= 0.3 is 5.97 Å². The van der Waals surface area contributed by atoms with E-state index < -0.39 is 0 Å². The maximum absolute atomic E-state index is 12.0. The summed E-state index contributed by atoms with van der Waals surface area (Å²) in [5, 5.41) is 1.84. The Hall–Kier alpha value is -3.37.